The van der Waals surface area contributed by atoms with Gasteiger partial charge in [-0.05, 0) is 49.9 Å². The zero-order valence-corrected chi connectivity index (χ0v) is 15.8. The van der Waals surface area contributed by atoms with E-state index in [2.05, 4.69) is 10.2 Å². The number of amides is 2. The van der Waals surface area contributed by atoms with Gasteiger partial charge in [-0.1, -0.05) is 12.1 Å². The van der Waals surface area contributed by atoms with Gasteiger partial charge in [0.15, 0.2) is 0 Å². The topological polar surface area (TPSA) is 69.3 Å². The van der Waals surface area contributed by atoms with Crippen molar-refractivity contribution >= 4 is 11.8 Å². The average molecular weight is 366 g/mol. The van der Waals surface area contributed by atoms with Crippen LogP contribution in [0.15, 0.2) is 36.5 Å². The number of hydrogen-bond donors (Lipinski definition) is 1. The van der Waals surface area contributed by atoms with Gasteiger partial charge in [0.05, 0.1) is 5.69 Å². The van der Waals surface area contributed by atoms with Crippen molar-refractivity contribution in [2.45, 2.75) is 32.6 Å². The van der Waals surface area contributed by atoms with Gasteiger partial charge in [0.25, 0.3) is 5.91 Å². The minimum atomic E-state index is 0.0632. The molecule has 2 amide bonds. The fourth-order valence-electron chi connectivity index (χ4n) is 4.50. The lowest BCUT2D eigenvalue weighted by molar-refractivity contribution is -0.138. The second kappa shape index (κ2) is 7.18. The van der Waals surface area contributed by atoms with E-state index in [0.717, 1.165) is 62.3 Å². The van der Waals surface area contributed by atoms with Gasteiger partial charge in [-0.2, -0.15) is 5.10 Å². The number of hydrogen-bond acceptors (Lipinski definition) is 3. The Labute approximate surface area is 159 Å². The summed E-state index contributed by atoms with van der Waals surface area (Å²) in [6, 6.07) is 9.61. The van der Waals surface area contributed by atoms with Crippen molar-refractivity contribution in [3.05, 3.63) is 42.1 Å². The molecule has 0 aliphatic carbocycles. The van der Waals surface area contributed by atoms with E-state index in [-0.39, 0.29) is 17.2 Å². The normalized spacial score (nSPS) is 23.1. The minimum absolute atomic E-state index is 0.0632. The number of nitrogens with one attached hydrogen (secondary N) is 1. The predicted molar refractivity (Wildman–Crippen MR) is 103 cm³/mol. The lowest BCUT2D eigenvalue weighted by Crippen LogP contribution is -2.55. The van der Waals surface area contributed by atoms with E-state index in [0.29, 0.717) is 6.42 Å². The number of H-pyrrole nitrogens is 1. The van der Waals surface area contributed by atoms with E-state index in [1.54, 1.807) is 6.20 Å². The zero-order valence-electron chi connectivity index (χ0n) is 15.8. The van der Waals surface area contributed by atoms with Crippen LogP contribution in [0.4, 0.5) is 0 Å². The first-order chi connectivity index (χ1) is 13.1. The third-order valence-corrected chi connectivity index (χ3v) is 6.02. The highest BCUT2D eigenvalue weighted by molar-refractivity contribution is 5.94. The molecule has 0 radical (unpaired) electrons. The largest absolute Gasteiger partial charge is 0.342 e. The van der Waals surface area contributed by atoms with Crippen LogP contribution in [0.1, 0.15) is 43.0 Å². The zero-order chi connectivity index (χ0) is 18.9. The monoisotopic (exact) mass is 366 g/mol. The molecule has 1 atom stereocenters. The highest BCUT2D eigenvalue weighted by Gasteiger charge is 2.42. The van der Waals surface area contributed by atoms with E-state index >= 15 is 0 Å². The van der Waals surface area contributed by atoms with Crippen LogP contribution in [0.3, 0.4) is 0 Å². The molecule has 0 unspecified atom stereocenters. The summed E-state index contributed by atoms with van der Waals surface area (Å²) in [7, 11) is 0. The van der Waals surface area contributed by atoms with Gasteiger partial charge < -0.3 is 9.80 Å². The molecule has 27 heavy (non-hydrogen) atoms. The van der Waals surface area contributed by atoms with Crippen molar-refractivity contribution in [1.29, 1.82) is 0 Å². The number of carbonyl (C=O) groups excluding carboxylic acids is 2. The molecule has 1 aromatic heterocycles. The average Bonchev–Trinajstić information content (AvgIpc) is 3.25. The second-order valence-electron chi connectivity index (χ2n) is 7.79. The highest BCUT2D eigenvalue weighted by Crippen LogP contribution is 2.39. The fourth-order valence-corrected chi connectivity index (χ4v) is 4.50. The van der Waals surface area contributed by atoms with Crippen molar-refractivity contribution < 1.29 is 9.59 Å². The summed E-state index contributed by atoms with van der Waals surface area (Å²) in [5.74, 6) is 0.339. The first-order valence-electron chi connectivity index (χ1n) is 9.77. The predicted octanol–water partition coefficient (Wildman–Crippen LogP) is 2.94. The first kappa shape index (κ1) is 17.8. The third-order valence-electron chi connectivity index (χ3n) is 6.02. The van der Waals surface area contributed by atoms with Gasteiger partial charge in [0.1, 0.15) is 0 Å². The number of aromatic amines is 1. The van der Waals surface area contributed by atoms with Crippen LogP contribution in [0, 0.1) is 5.41 Å². The van der Waals surface area contributed by atoms with Gasteiger partial charge in [-0.15, -0.1) is 0 Å². The Morgan fingerprint density at radius 1 is 1.19 bits per heavy atom. The molecule has 2 aliphatic rings. The van der Waals surface area contributed by atoms with Crippen LogP contribution < -0.4 is 0 Å². The van der Waals surface area contributed by atoms with Crippen molar-refractivity contribution in [2.75, 3.05) is 26.2 Å². The highest BCUT2D eigenvalue weighted by atomic mass is 16.2. The smallest absolute Gasteiger partial charge is 0.253 e. The van der Waals surface area contributed by atoms with Crippen LogP contribution in [-0.2, 0) is 4.79 Å². The van der Waals surface area contributed by atoms with Crippen LogP contribution >= 0.6 is 0 Å². The summed E-state index contributed by atoms with van der Waals surface area (Å²) in [5, 5.41) is 6.91. The molecule has 0 saturated carbocycles. The summed E-state index contributed by atoms with van der Waals surface area (Å²) in [6.45, 7) is 5.11. The summed E-state index contributed by atoms with van der Waals surface area (Å²) in [6.07, 6.45) is 5.32. The molecule has 1 N–H and O–H groups in total. The third kappa shape index (κ3) is 3.48. The maximum absolute atomic E-state index is 13.1. The van der Waals surface area contributed by atoms with E-state index in [4.69, 9.17) is 0 Å². The van der Waals surface area contributed by atoms with E-state index in [1.807, 2.05) is 47.1 Å². The molecule has 6 heteroatoms. The molecule has 2 aromatic rings. The Morgan fingerprint density at radius 2 is 2.00 bits per heavy atom. The lowest BCUT2D eigenvalue weighted by Gasteiger charge is -2.48. The number of likely N-dealkylation sites (tertiary alicyclic amines) is 2. The van der Waals surface area contributed by atoms with Gasteiger partial charge in [0, 0.05) is 49.8 Å². The first-order valence-corrected chi connectivity index (χ1v) is 9.77. The van der Waals surface area contributed by atoms with Gasteiger partial charge in [-0.25, -0.2) is 0 Å². The van der Waals surface area contributed by atoms with Crippen LogP contribution in [0.5, 0.6) is 0 Å². The van der Waals surface area contributed by atoms with Gasteiger partial charge in [-0.3, -0.25) is 14.7 Å². The molecule has 6 nitrogen and oxygen atoms in total. The molecule has 0 bridgehead atoms. The number of carbonyl (C=O) groups is 2. The van der Waals surface area contributed by atoms with Crippen LogP contribution in [-0.4, -0.2) is 58.0 Å². The standard InChI is InChI=1S/C21H26N4O2/c1-2-24-14-21(11-8-19(24)26)10-3-13-25(15-21)20(27)17-6-4-16(5-7-17)18-9-12-22-23-18/h4-7,9,12H,2-3,8,10-11,13-15H2,1H3,(H,22,23)/t21-/m1/s1. The molecular weight excluding hydrogens is 340 g/mol. The van der Waals surface area contributed by atoms with Gasteiger partial charge >= 0.3 is 0 Å². The Hall–Kier alpha value is -2.63. The molecule has 3 heterocycles. The van der Waals surface area contributed by atoms with Crippen LogP contribution in [0.2, 0.25) is 0 Å². The number of rotatable bonds is 3. The molecule has 142 valence electrons. The fraction of sp³-hybridized carbons (Fsp3) is 0.476. The molecule has 4 rings (SSSR count). The Bertz CT molecular complexity index is 815. The maximum atomic E-state index is 13.1. The summed E-state index contributed by atoms with van der Waals surface area (Å²) in [4.78, 5) is 29.1. The summed E-state index contributed by atoms with van der Waals surface area (Å²) in [5.41, 5.74) is 2.74. The number of aromatic nitrogens is 2. The summed E-state index contributed by atoms with van der Waals surface area (Å²) >= 11 is 0. The van der Waals surface area contributed by atoms with Crippen molar-refractivity contribution in [3.63, 3.8) is 0 Å². The van der Waals surface area contributed by atoms with Crippen molar-refractivity contribution in [1.82, 2.24) is 20.0 Å². The Balaban J connectivity index is 1.48. The molecule has 1 spiro atoms. The number of benzene rings is 1. The molecule has 1 aromatic carbocycles. The van der Waals surface area contributed by atoms with Crippen molar-refractivity contribution in [3.8, 4) is 11.3 Å². The Kier molecular flexibility index (Phi) is 4.72. The quantitative estimate of drug-likeness (QED) is 0.908. The maximum Gasteiger partial charge on any atom is 0.253 e. The van der Waals surface area contributed by atoms with Gasteiger partial charge in [0.2, 0.25) is 5.91 Å². The van der Waals surface area contributed by atoms with Crippen LogP contribution in [0.25, 0.3) is 11.3 Å². The minimum Gasteiger partial charge on any atom is -0.342 e. The molecule has 2 fully saturated rings. The Morgan fingerprint density at radius 3 is 2.70 bits per heavy atom. The van der Waals surface area contributed by atoms with E-state index in [1.165, 1.54) is 0 Å². The van der Waals surface area contributed by atoms with E-state index in [9.17, 15) is 9.59 Å². The lowest BCUT2D eigenvalue weighted by atomic mass is 9.73. The van der Waals surface area contributed by atoms with E-state index < -0.39 is 0 Å². The number of piperidine rings is 2. The SMILES string of the molecule is CCN1C[C@@]2(CCCN(C(=O)c3ccc(-c4ccn[nH]4)cc3)C2)CCC1=O. The molecule has 2 aliphatic heterocycles. The van der Waals surface area contributed by atoms with Crippen molar-refractivity contribution in [2.24, 2.45) is 5.41 Å². The molecular formula is C21H26N4O2. The molecule has 2 saturated heterocycles. The number of nitrogens with zero attached hydrogens (tertiary/aromatic N) is 3. The second-order valence-corrected chi connectivity index (χ2v) is 7.79. The summed E-state index contributed by atoms with van der Waals surface area (Å²) < 4.78 is 0.